The quantitative estimate of drug-likeness (QED) is 0.409. The molecule has 0 radical (unpaired) electrons. The summed E-state index contributed by atoms with van der Waals surface area (Å²) in [5.41, 5.74) is 0.976. The van der Waals surface area contributed by atoms with Crippen molar-refractivity contribution in [3.05, 3.63) is 38.7 Å². The van der Waals surface area contributed by atoms with E-state index < -0.39 is 0 Å². The molecule has 0 atom stereocenters. The van der Waals surface area contributed by atoms with Gasteiger partial charge in [-0.25, -0.2) is 0 Å². The summed E-state index contributed by atoms with van der Waals surface area (Å²) in [6.45, 7) is 6.58. The highest BCUT2D eigenvalue weighted by atomic mass is 35.5. The Morgan fingerprint density at radius 2 is 1.80 bits per heavy atom. The number of unbranched alkanes of at least 4 members (excludes halogenated alkanes) is 3. The van der Waals surface area contributed by atoms with E-state index in [4.69, 9.17) is 23.2 Å². The Morgan fingerprint density at radius 3 is 2.40 bits per heavy atom. The van der Waals surface area contributed by atoms with E-state index in [0.29, 0.717) is 32.6 Å². The van der Waals surface area contributed by atoms with E-state index in [1.54, 1.807) is 18.2 Å². The van der Waals surface area contributed by atoms with Crippen LogP contribution in [0.1, 0.15) is 52.0 Å². The molecule has 3 nitrogen and oxygen atoms in total. The maximum Gasteiger partial charge on any atom is 0.267 e. The van der Waals surface area contributed by atoms with Crippen LogP contribution in [-0.2, 0) is 9.59 Å². The third-order valence-electron chi connectivity index (χ3n) is 3.91. The molecule has 0 aromatic heterocycles. The van der Waals surface area contributed by atoms with Crippen molar-refractivity contribution < 1.29 is 9.59 Å². The number of thioether (sulfide) groups is 1. The van der Waals surface area contributed by atoms with E-state index in [-0.39, 0.29) is 17.1 Å². The number of hydrogen-bond acceptors (Lipinski definition) is 3. The molecule has 1 aliphatic rings. The van der Waals surface area contributed by atoms with Crippen molar-refractivity contribution in [2.75, 3.05) is 6.54 Å². The van der Waals surface area contributed by atoms with Crippen LogP contribution in [-0.4, -0.2) is 28.5 Å². The summed E-state index contributed by atoms with van der Waals surface area (Å²) in [6.07, 6.45) is 4.05. The van der Waals surface area contributed by atoms with Crippen LogP contribution in [0.5, 0.6) is 0 Å². The van der Waals surface area contributed by atoms with Gasteiger partial charge in [0, 0.05) is 22.4 Å². The van der Waals surface area contributed by atoms with Gasteiger partial charge in [0.25, 0.3) is 11.8 Å². The van der Waals surface area contributed by atoms with E-state index >= 15 is 0 Å². The van der Waals surface area contributed by atoms with Crippen LogP contribution >= 0.6 is 35.0 Å². The van der Waals surface area contributed by atoms with Gasteiger partial charge in [-0.05, 0) is 18.6 Å². The number of nitrogens with zero attached hydrogens (tertiary/aromatic N) is 1. The maximum absolute atomic E-state index is 13.0. The van der Waals surface area contributed by atoms with Crippen LogP contribution in [0.25, 0.3) is 5.57 Å². The largest absolute Gasteiger partial charge is 0.274 e. The molecule has 0 aliphatic carbocycles. The molecule has 2 amide bonds. The van der Waals surface area contributed by atoms with E-state index in [1.807, 2.05) is 13.8 Å². The van der Waals surface area contributed by atoms with Crippen LogP contribution in [0.3, 0.4) is 0 Å². The second-order valence-electron chi connectivity index (χ2n) is 6.32. The molecule has 6 heteroatoms. The van der Waals surface area contributed by atoms with Crippen LogP contribution in [0.15, 0.2) is 23.1 Å². The molecular weight excluding hydrogens is 377 g/mol. The van der Waals surface area contributed by atoms with Crippen LogP contribution < -0.4 is 0 Å². The third kappa shape index (κ3) is 4.81. The average Bonchev–Trinajstić information content (AvgIpc) is 2.75. The molecule has 1 aromatic carbocycles. The molecule has 25 heavy (non-hydrogen) atoms. The van der Waals surface area contributed by atoms with Crippen LogP contribution in [0.4, 0.5) is 0 Å². The molecule has 0 N–H and O–H groups in total. The fraction of sp³-hybridized carbons (Fsp3) is 0.474. The van der Waals surface area contributed by atoms with Gasteiger partial charge in [-0.15, -0.1) is 11.8 Å². The molecule has 0 fully saturated rings. The highest BCUT2D eigenvalue weighted by Crippen LogP contribution is 2.40. The Labute approximate surface area is 163 Å². The van der Waals surface area contributed by atoms with Crippen LogP contribution in [0, 0.1) is 0 Å². The minimum atomic E-state index is -0.256. The van der Waals surface area contributed by atoms with E-state index in [9.17, 15) is 9.59 Å². The van der Waals surface area contributed by atoms with Gasteiger partial charge >= 0.3 is 0 Å². The standard InChI is InChI=1S/C19H23Cl2NO2S/c1-4-5-6-7-10-22-18(23)16(17(19(22)24)25-12(2)3)14-9-8-13(20)11-15(14)21/h8-9,11-12H,4-7,10H2,1-3H3. The SMILES string of the molecule is CCCCCCN1C(=O)C(SC(C)C)=C(c2ccc(Cl)cc2Cl)C1=O. The topological polar surface area (TPSA) is 37.4 Å². The normalized spacial score (nSPS) is 15.0. The zero-order chi connectivity index (χ0) is 18.6. The number of benzene rings is 1. The lowest BCUT2D eigenvalue weighted by Gasteiger charge is -2.15. The minimum absolute atomic E-state index is 0.188. The monoisotopic (exact) mass is 399 g/mol. The number of amides is 2. The van der Waals surface area contributed by atoms with Crippen molar-refractivity contribution in [3.8, 4) is 0 Å². The molecule has 0 saturated carbocycles. The fourth-order valence-corrected chi connectivity index (χ4v) is 4.23. The average molecular weight is 400 g/mol. The van der Waals surface area contributed by atoms with Crippen molar-refractivity contribution in [2.24, 2.45) is 0 Å². The Kier molecular flexibility index (Phi) is 7.41. The van der Waals surface area contributed by atoms with Crippen LogP contribution in [0.2, 0.25) is 10.0 Å². The molecule has 1 aromatic rings. The summed E-state index contributed by atoms with van der Waals surface area (Å²) in [4.78, 5) is 27.6. The van der Waals surface area contributed by atoms with Gasteiger partial charge in [-0.2, -0.15) is 0 Å². The lowest BCUT2D eigenvalue weighted by atomic mass is 10.1. The number of carbonyl (C=O) groups excluding carboxylic acids is 2. The zero-order valence-electron chi connectivity index (χ0n) is 14.8. The van der Waals surface area contributed by atoms with Gasteiger partial charge in [0.15, 0.2) is 0 Å². The Bertz CT molecular complexity index is 701. The number of carbonyl (C=O) groups is 2. The van der Waals surface area contributed by atoms with Gasteiger partial charge in [0.2, 0.25) is 0 Å². The Hall–Kier alpha value is -0.970. The van der Waals surface area contributed by atoms with Crippen molar-refractivity contribution in [1.29, 1.82) is 0 Å². The van der Waals surface area contributed by atoms with Gasteiger partial charge in [0.05, 0.1) is 15.5 Å². The molecule has 0 saturated heterocycles. The molecular formula is C19H23Cl2NO2S. The number of halogens is 2. The fourth-order valence-electron chi connectivity index (χ4n) is 2.73. The summed E-state index contributed by atoms with van der Waals surface area (Å²) in [6, 6.07) is 5.01. The molecule has 2 rings (SSSR count). The number of rotatable bonds is 8. The first kappa shape index (κ1) is 20.3. The second-order valence-corrected chi connectivity index (χ2v) is 8.75. The Balaban J connectivity index is 2.35. The zero-order valence-corrected chi connectivity index (χ0v) is 17.1. The van der Waals surface area contributed by atoms with Gasteiger partial charge in [0.1, 0.15) is 0 Å². The number of hydrogen-bond donors (Lipinski definition) is 0. The van der Waals surface area contributed by atoms with Gasteiger partial charge in [-0.1, -0.05) is 69.3 Å². The summed E-state index contributed by atoms with van der Waals surface area (Å²) in [5, 5.41) is 1.08. The Morgan fingerprint density at radius 1 is 1.08 bits per heavy atom. The van der Waals surface area contributed by atoms with Crippen molar-refractivity contribution >= 4 is 52.4 Å². The molecule has 0 bridgehead atoms. The molecule has 136 valence electrons. The summed E-state index contributed by atoms with van der Waals surface area (Å²) in [7, 11) is 0. The van der Waals surface area contributed by atoms with Gasteiger partial charge < -0.3 is 0 Å². The lowest BCUT2D eigenvalue weighted by Crippen LogP contribution is -2.32. The van der Waals surface area contributed by atoms with Crippen molar-refractivity contribution in [1.82, 2.24) is 4.90 Å². The smallest absolute Gasteiger partial charge is 0.267 e. The third-order valence-corrected chi connectivity index (χ3v) is 5.55. The van der Waals surface area contributed by atoms with E-state index in [0.717, 1.165) is 25.7 Å². The predicted molar refractivity (Wildman–Crippen MR) is 107 cm³/mol. The first-order valence-corrected chi connectivity index (χ1v) is 10.2. The first-order chi connectivity index (χ1) is 11.9. The minimum Gasteiger partial charge on any atom is -0.274 e. The van der Waals surface area contributed by atoms with E-state index in [2.05, 4.69) is 6.92 Å². The van der Waals surface area contributed by atoms with Crippen molar-refractivity contribution in [3.63, 3.8) is 0 Å². The molecule has 1 heterocycles. The van der Waals surface area contributed by atoms with Crippen molar-refractivity contribution in [2.45, 2.75) is 51.7 Å². The number of imide groups is 1. The summed E-state index contributed by atoms with van der Waals surface area (Å²) in [5.74, 6) is -0.463. The van der Waals surface area contributed by atoms with E-state index in [1.165, 1.54) is 16.7 Å². The second kappa shape index (κ2) is 9.11. The summed E-state index contributed by atoms with van der Waals surface area (Å²) >= 11 is 13.7. The first-order valence-electron chi connectivity index (χ1n) is 8.59. The highest BCUT2D eigenvalue weighted by Gasteiger charge is 2.39. The molecule has 0 spiro atoms. The molecule has 1 aliphatic heterocycles. The lowest BCUT2D eigenvalue weighted by molar-refractivity contribution is -0.136. The maximum atomic E-state index is 13.0. The highest BCUT2D eigenvalue weighted by molar-refractivity contribution is 8.04. The summed E-state index contributed by atoms with van der Waals surface area (Å²) < 4.78 is 0. The van der Waals surface area contributed by atoms with Gasteiger partial charge in [-0.3, -0.25) is 14.5 Å². The predicted octanol–water partition coefficient (Wildman–Crippen LogP) is 5.80. The molecule has 0 unspecified atom stereocenters.